The Balaban J connectivity index is 1.29. The van der Waals surface area contributed by atoms with E-state index in [2.05, 4.69) is 22.0 Å². The molecule has 31 heavy (non-hydrogen) atoms. The van der Waals surface area contributed by atoms with Crippen molar-refractivity contribution in [1.82, 2.24) is 19.4 Å². The molecule has 0 bridgehead atoms. The van der Waals surface area contributed by atoms with E-state index < -0.39 is 10.0 Å². The highest BCUT2D eigenvalue weighted by atomic mass is 32.2. The van der Waals surface area contributed by atoms with Crippen molar-refractivity contribution in [2.75, 3.05) is 58.9 Å². The first-order valence-electron chi connectivity index (χ1n) is 11.8. The fourth-order valence-corrected chi connectivity index (χ4v) is 6.00. The van der Waals surface area contributed by atoms with Crippen LogP contribution in [0.15, 0.2) is 35.2 Å². The summed E-state index contributed by atoms with van der Waals surface area (Å²) in [7, 11) is -3.42. The van der Waals surface area contributed by atoms with Crippen molar-refractivity contribution in [1.29, 1.82) is 0 Å². The van der Waals surface area contributed by atoms with Gasteiger partial charge in [-0.15, -0.1) is 0 Å². The summed E-state index contributed by atoms with van der Waals surface area (Å²) in [5, 5.41) is 3.06. The van der Waals surface area contributed by atoms with Gasteiger partial charge in [-0.1, -0.05) is 25.1 Å². The van der Waals surface area contributed by atoms with Crippen LogP contribution in [0.3, 0.4) is 0 Å². The lowest BCUT2D eigenvalue weighted by atomic mass is 9.94. The number of piperazine rings is 1. The minimum Gasteiger partial charge on any atom is -0.356 e. The molecule has 0 atom stereocenters. The van der Waals surface area contributed by atoms with Crippen molar-refractivity contribution in [3.63, 3.8) is 0 Å². The molecule has 3 rings (SSSR count). The number of amides is 1. The maximum Gasteiger partial charge on any atom is 0.243 e. The lowest BCUT2D eigenvalue weighted by Gasteiger charge is -2.34. The second-order valence-corrected chi connectivity index (χ2v) is 10.7. The number of sulfonamides is 1. The Labute approximate surface area is 187 Å². The van der Waals surface area contributed by atoms with Gasteiger partial charge in [0.15, 0.2) is 0 Å². The molecule has 2 heterocycles. The molecule has 8 heteroatoms. The zero-order valence-corrected chi connectivity index (χ0v) is 19.7. The summed E-state index contributed by atoms with van der Waals surface area (Å²) in [5.74, 6) is 0.353. The van der Waals surface area contributed by atoms with E-state index in [0.717, 1.165) is 58.5 Å². The van der Waals surface area contributed by atoms with E-state index in [9.17, 15) is 13.2 Å². The lowest BCUT2D eigenvalue weighted by molar-refractivity contribution is -0.122. The lowest BCUT2D eigenvalue weighted by Crippen LogP contribution is -2.47. The van der Waals surface area contributed by atoms with Crippen LogP contribution in [0.4, 0.5) is 0 Å². The van der Waals surface area contributed by atoms with Gasteiger partial charge in [0.1, 0.15) is 0 Å². The van der Waals surface area contributed by atoms with Crippen LogP contribution in [-0.4, -0.2) is 87.3 Å². The van der Waals surface area contributed by atoms with Crippen LogP contribution in [0.1, 0.15) is 39.0 Å². The third-order valence-electron chi connectivity index (χ3n) is 6.41. The highest BCUT2D eigenvalue weighted by molar-refractivity contribution is 7.89. The van der Waals surface area contributed by atoms with Crippen molar-refractivity contribution in [2.24, 2.45) is 5.92 Å². The Morgan fingerprint density at radius 1 is 0.968 bits per heavy atom. The minimum absolute atomic E-state index is 0.0946. The number of nitrogens with one attached hydrogen (secondary N) is 1. The van der Waals surface area contributed by atoms with Gasteiger partial charge >= 0.3 is 0 Å². The van der Waals surface area contributed by atoms with Gasteiger partial charge in [-0.3, -0.25) is 4.79 Å². The molecule has 2 fully saturated rings. The van der Waals surface area contributed by atoms with Crippen molar-refractivity contribution in [3.8, 4) is 0 Å². The highest BCUT2D eigenvalue weighted by Crippen LogP contribution is 2.25. The standard InChI is InChI=1S/C23H38N4O3S/c1-2-12-25-16-18-26(19-17-25)13-6-11-24-23(28)20-21-9-14-27(15-10-21)31(29,30)22-7-4-3-5-8-22/h3-5,7-8,21H,2,6,9-20H2,1H3,(H,24,28). The molecule has 2 aliphatic heterocycles. The topological polar surface area (TPSA) is 73.0 Å². The summed E-state index contributed by atoms with van der Waals surface area (Å²) in [6.07, 6.45) is 4.17. The van der Waals surface area contributed by atoms with Gasteiger partial charge in [0, 0.05) is 52.2 Å². The van der Waals surface area contributed by atoms with Crippen LogP contribution >= 0.6 is 0 Å². The molecular formula is C23H38N4O3S. The fraction of sp³-hybridized carbons (Fsp3) is 0.696. The van der Waals surface area contributed by atoms with Crippen molar-refractivity contribution in [2.45, 2.75) is 43.9 Å². The quantitative estimate of drug-likeness (QED) is 0.552. The summed E-state index contributed by atoms with van der Waals surface area (Å²) in [4.78, 5) is 17.7. The van der Waals surface area contributed by atoms with Crippen molar-refractivity contribution in [3.05, 3.63) is 30.3 Å². The third kappa shape index (κ3) is 7.27. The molecular weight excluding hydrogens is 412 g/mol. The number of hydrogen-bond donors (Lipinski definition) is 1. The summed E-state index contributed by atoms with van der Waals surface area (Å²) in [6, 6.07) is 8.59. The summed E-state index contributed by atoms with van der Waals surface area (Å²) in [6.45, 7) is 10.7. The van der Waals surface area contributed by atoms with Crippen LogP contribution in [0, 0.1) is 5.92 Å². The Kier molecular flexibility index (Phi) is 9.31. The van der Waals surface area contributed by atoms with Gasteiger partial charge in [0.05, 0.1) is 4.90 Å². The van der Waals surface area contributed by atoms with Crippen LogP contribution in [0.5, 0.6) is 0 Å². The Morgan fingerprint density at radius 3 is 2.19 bits per heavy atom. The number of carbonyl (C=O) groups is 1. The Morgan fingerprint density at radius 2 is 1.58 bits per heavy atom. The van der Waals surface area contributed by atoms with Gasteiger partial charge in [-0.25, -0.2) is 8.42 Å². The molecule has 0 unspecified atom stereocenters. The first-order chi connectivity index (χ1) is 15.0. The molecule has 1 aromatic rings. The summed E-state index contributed by atoms with van der Waals surface area (Å²) >= 11 is 0. The number of nitrogens with zero attached hydrogens (tertiary/aromatic N) is 3. The number of piperidine rings is 1. The molecule has 0 aromatic heterocycles. The fourth-order valence-electron chi connectivity index (χ4n) is 4.51. The number of benzene rings is 1. The molecule has 174 valence electrons. The molecule has 2 saturated heterocycles. The molecule has 7 nitrogen and oxygen atoms in total. The van der Waals surface area contributed by atoms with E-state index in [-0.39, 0.29) is 11.8 Å². The molecule has 0 spiro atoms. The van der Waals surface area contributed by atoms with Crippen LogP contribution in [0.25, 0.3) is 0 Å². The number of carbonyl (C=O) groups excluding carboxylic acids is 1. The molecule has 0 aliphatic carbocycles. The summed E-state index contributed by atoms with van der Waals surface area (Å²) in [5.41, 5.74) is 0. The maximum atomic E-state index is 12.7. The maximum absolute atomic E-state index is 12.7. The molecule has 0 radical (unpaired) electrons. The van der Waals surface area contributed by atoms with Crippen LogP contribution in [0.2, 0.25) is 0 Å². The van der Waals surface area contributed by atoms with E-state index in [1.165, 1.54) is 13.0 Å². The van der Waals surface area contributed by atoms with Gasteiger partial charge < -0.3 is 15.1 Å². The molecule has 1 aromatic carbocycles. The average molecular weight is 451 g/mol. The zero-order chi connectivity index (χ0) is 22.1. The second-order valence-electron chi connectivity index (χ2n) is 8.75. The Bertz CT molecular complexity index is 771. The van der Waals surface area contributed by atoms with Crippen LogP contribution in [-0.2, 0) is 14.8 Å². The first kappa shape index (κ1) is 24.2. The number of hydrogen-bond acceptors (Lipinski definition) is 5. The van der Waals surface area contributed by atoms with Crippen molar-refractivity contribution < 1.29 is 13.2 Å². The molecule has 1 N–H and O–H groups in total. The smallest absolute Gasteiger partial charge is 0.243 e. The van der Waals surface area contributed by atoms with Gasteiger partial charge in [0.25, 0.3) is 0 Å². The van der Waals surface area contributed by atoms with E-state index in [4.69, 9.17) is 0 Å². The van der Waals surface area contributed by atoms with Gasteiger partial charge in [0.2, 0.25) is 15.9 Å². The highest BCUT2D eigenvalue weighted by Gasteiger charge is 2.30. The molecule has 2 aliphatic rings. The number of rotatable bonds is 10. The minimum atomic E-state index is -3.42. The van der Waals surface area contributed by atoms with E-state index in [0.29, 0.717) is 24.4 Å². The predicted molar refractivity (Wildman–Crippen MR) is 123 cm³/mol. The SMILES string of the molecule is CCCN1CCN(CCCNC(=O)CC2CCN(S(=O)(=O)c3ccccc3)CC2)CC1. The van der Waals surface area contributed by atoms with E-state index >= 15 is 0 Å². The van der Waals surface area contributed by atoms with Crippen LogP contribution < -0.4 is 5.32 Å². The third-order valence-corrected chi connectivity index (χ3v) is 8.32. The van der Waals surface area contributed by atoms with E-state index in [1.807, 2.05) is 6.07 Å². The van der Waals surface area contributed by atoms with Crippen molar-refractivity contribution >= 4 is 15.9 Å². The van der Waals surface area contributed by atoms with Gasteiger partial charge in [-0.2, -0.15) is 4.31 Å². The monoisotopic (exact) mass is 450 g/mol. The van der Waals surface area contributed by atoms with Gasteiger partial charge in [-0.05, 0) is 56.8 Å². The Hall–Kier alpha value is -1.48. The zero-order valence-electron chi connectivity index (χ0n) is 18.8. The molecule has 1 amide bonds. The largest absolute Gasteiger partial charge is 0.356 e. The second kappa shape index (κ2) is 11.9. The first-order valence-corrected chi connectivity index (χ1v) is 13.2. The average Bonchev–Trinajstić information content (AvgIpc) is 2.79. The summed E-state index contributed by atoms with van der Waals surface area (Å²) < 4.78 is 27.0. The van der Waals surface area contributed by atoms with E-state index in [1.54, 1.807) is 28.6 Å². The predicted octanol–water partition coefficient (Wildman–Crippen LogP) is 2.01. The normalized spacial score (nSPS) is 20.0. The molecule has 0 saturated carbocycles.